The van der Waals surface area contributed by atoms with Gasteiger partial charge in [-0.15, -0.1) is 11.3 Å². The van der Waals surface area contributed by atoms with Crippen molar-refractivity contribution in [2.75, 3.05) is 14.2 Å². The fourth-order valence-electron chi connectivity index (χ4n) is 3.33. The minimum Gasteiger partial charge on any atom is -0.493 e. The first-order valence-electron chi connectivity index (χ1n) is 9.40. The first-order chi connectivity index (χ1) is 15.3. The number of hydrogen-bond acceptors (Lipinski definition) is 5. The topological polar surface area (TPSA) is 64.2 Å². The van der Waals surface area contributed by atoms with Crippen LogP contribution in [0, 0.1) is 0 Å². The maximum atomic E-state index is 13.2. The lowest BCUT2D eigenvalue weighted by Gasteiger charge is -2.09. The van der Waals surface area contributed by atoms with Crippen molar-refractivity contribution in [1.29, 1.82) is 0 Å². The Morgan fingerprint density at radius 2 is 1.78 bits per heavy atom. The summed E-state index contributed by atoms with van der Waals surface area (Å²) < 4.78 is 50.1. The summed E-state index contributed by atoms with van der Waals surface area (Å²) in [6.45, 7) is 0. The predicted molar refractivity (Wildman–Crippen MR) is 119 cm³/mol. The van der Waals surface area contributed by atoms with E-state index in [4.69, 9.17) is 9.47 Å². The lowest BCUT2D eigenvalue weighted by atomic mass is 10.1. The number of alkyl halides is 3. The summed E-state index contributed by atoms with van der Waals surface area (Å²) in [7, 11) is 3.06. The van der Waals surface area contributed by atoms with Crippen LogP contribution >= 0.6 is 11.3 Å². The molecule has 0 saturated heterocycles. The molecule has 2 aromatic carbocycles. The van der Waals surface area contributed by atoms with Crippen molar-refractivity contribution in [2.45, 2.75) is 6.18 Å². The Morgan fingerprint density at radius 3 is 2.50 bits per heavy atom. The molecule has 4 rings (SSSR count). The van der Waals surface area contributed by atoms with Crippen LogP contribution in [0.5, 0.6) is 11.5 Å². The van der Waals surface area contributed by atoms with Gasteiger partial charge in [0.1, 0.15) is 10.7 Å². The van der Waals surface area contributed by atoms with E-state index in [1.807, 2.05) is 6.07 Å². The van der Waals surface area contributed by atoms with Crippen molar-refractivity contribution < 1.29 is 22.6 Å². The molecule has 0 bridgehead atoms. The molecular weight excluding hydrogens is 441 g/mol. The molecule has 4 aromatic rings. The van der Waals surface area contributed by atoms with Gasteiger partial charge in [-0.3, -0.25) is 4.79 Å². The number of aromatic amines is 1. The maximum absolute atomic E-state index is 13.2. The third-order valence-electron chi connectivity index (χ3n) is 4.84. The molecule has 0 unspecified atom stereocenters. The summed E-state index contributed by atoms with van der Waals surface area (Å²) in [5.41, 5.74) is 0.275. The molecule has 0 aliphatic carbocycles. The van der Waals surface area contributed by atoms with E-state index < -0.39 is 11.7 Å². The predicted octanol–water partition coefficient (Wildman–Crippen LogP) is 5.86. The normalized spacial score (nSPS) is 11.9. The summed E-state index contributed by atoms with van der Waals surface area (Å²) in [5, 5.41) is 2.20. The summed E-state index contributed by atoms with van der Waals surface area (Å²) in [6, 6.07) is 10.5. The molecule has 32 heavy (non-hydrogen) atoms. The van der Waals surface area contributed by atoms with Crippen LogP contribution in [-0.4, -0.2) is 24.2 Å². The third kappa shape index (κ3) is 4.11. The number of methoxy groups -OCH3 is 2. The van der Waals surface area contributed by atoms with Crippen molar-refractivity contribution in [3.05, 3.63) is 75.1 Å². The van der Waals surface area contributed by atoms with E-state index in [2.05, 4.69) is 9.97 Å². The molecule has 0 radical (unpaired) electrons. The van der Waals surface area contributed by atoms with Crippen LogP contribution in [0.4, 0.5) is 13.2 Å². The average molecular weight is 458 g/mol. The van der Waals surface area contributed by atoms with E-state index in [1.54, 1.807) is 17.5 Å². The van der Waals surface area contributed by atoms with Crippen LogP contribution in [0.1, 0.15) is 17.0 Å². The molecule has 2 heterocycles. The van der Waals surface area contributed by atoms with Gasteiger partial charge in [-0.1, -0.05) is 30.3 Å². The number of rotatable bonds is 5. The SMILES string of the molecule is COc1ccc(-c2csc3nc(C=Cc4ccccc4C(F)(F)F)[nH]c(=O)c23)cc1OC. The number of thiophene rings is 1. The van der Waals surface area contributed by atoms with Crippen LogP contribution in [-0.2, 0) is 6.18 Å². The van der Waals surface area contributed by atoms with Gasteiger partial charge in [0.25, 0.3) is 5.56 Å². The van der Waals surface area contributed by atoms with E-state index in [0.29, 0.717) is 27.3 Å². The molecule has 1 N–H and O–H groups in total. The summed E-state index contributed by atoms with van der Waals surface area (Å²) >= 11 is 1.27. The number of aromatic nitrogens is 2. The minimum absolute atomic E-state index is 0.0139. The number of ether oxygens (including phenoxy) is 2. The van der Waals surface area contributed by atoms with Crippen LogP contribution in [0.2, 0.25) is 0 Å². The summed E-state index contributed by atoms with van der Waals surface area (Å²) in [6.07, 6.45) is -1.83. The molecule has 0 amide bonds. The van der Waals surface area contributed by atoms with Gasteiger partial charge in [-0.2, -0.15) is 13.2 Å². The first-order valence-corrected chi connectivity index (χ1v) is 10.3. The Morgan fingerprint density at radius 1 is 1.03 bits per heavy atom. The van der Waals surface area contributed by atoms with Gasteiger partial charge in [0, 0.05) is 10.9 Å². The highest BCUT2D eigenvalue weighted by molar-refractivity contribution is 7.17. The van der Waals surface area contributed by atoms with E-state index in [9.17, 15) is 18.0 Å². The Kier molecular flexibility index (Phi) is 5.75. The lowest BCUT2D eigenvalue weighted by Crippen LogP contribution is -2.09. The fraction of sp³-hybridized carbons (Fsp3) is 0.130. The molecule has 9 heteroatoms. The van der Waals surface area contributed by atoms with Crippen LogP contribution < -0.4 is 15.0 Å². The van der Waals surface area contributed by atoms with E-state index in [1.165, 1.54) is 55.9 Å². The van der Waals surface area contributed by atoms with Crippen molar-refractivity contribution in [3.63, 3.8) is 0 Å². The van der Waals surface area contributed by atoms with Gasteiger partial charge < -0.3 is 14.5 Å². The zero-order valence-electron chi connectivity index (χ0n) is 17.0. The van der Waals surface area contributed by atoms with Gasteiger partial charge in [0.15, 0.2) is 11.5 Å². The quantitative estimate of drug-likeness (QED) is 0.407. The molecule has 164 valence electrons. The van der Waals surface area contributed by atoms with Gasteiger partial charge in [0.2, 0.25) is 0 Å². The molecule has 2 aromatic heterocycles. The molecule has 0 aliphatic rings. The van der Waals surface area contributed by atoms with Gasteiger partial charge >= 0.3 is 6.18 Å². The van der Waals surface area contributed by atoms with Crippen LogP contribution in [0.15, 0.2) is 52.6 Å². The van der Waals surface area contributed by atoms with Gasteiger partial charge in [0.05, 0.1) is 25.2 Å². The maximum Gasteiger partial charge on any atom is 0.416 e. The minimum atomic E-state index is -4.48. The summed E-state index contributed by atoms with van der Waals surface area (Å²) in [5.74, 6) is 1.26. The molecule has 5 nitrogen and oxygen atoms in total. The zero-order valence-corrected chi connectivity index (χ0v) is 17.8. The number of benzene rings is 2. The van der Waals surface area contributed by atoms with Gasteiger partial charge in [-0.25, -0.2) is 4.98 Å². The summed E-state index contributed by atoms with van der Waals surface area (Å²) in [4.78, 5) is 20.3. The highest BCUT2D eigenvalue weighted by Crippen LogP contribution is 2.36. The monoisotopic (exact) mass is 458 g/mol. The lowest BCUT2D eigenvalue weighted by molar-refractivity contribution is -0.137. The smallest absolute Gasteiger partial charge is 0.416 e. The Hall–Kier alpha value is -3.59. The van der Waals surface area contributed by atoms with Gasteiger partial charge in [-0.05, 0) is 35.4 Å². The number of nitrogens with zero attached hydrogens (tertiary/aromatic N) is 1. The molecule has 0 aliphatic heterocycles. The number of fused-ring (bicyclic) bond motifs is 1. The highest BCUT2D eigenvalue weighted by Gasteiger charge is 2.32. The first kappa shape index (κ1) is 21.6. The van der Waals surface area contributed by atoms with Crippen LogP contribution in [0.25, 0.3) is 33.5 Å². The number of H-pyrrole nitrogens is 1. The van der Waals surface area contributed by atoms with E-state index >= 15 is 0 Å². The number of halogens is 3. The van der Waals surface area contributed by atoms with Crippen LogP contribution in [0.3, 0.4) is 0 Å². The number of hydrogen-bond donors (Lipinski definition) is 1. The molecule has 0 fully saturated rings. The third-order valence-corrected chi connectivity index (χ3v) is 5.72. The molecule has 0 atom stereocenters. The largest absolute Gasteiger partial charge is 0.493 e. The Labute approximate surface area is 184 Å². The van der Waals surface area contributed by atoms with Crippen molar-refractivity contribution in [2.24, 2.45) is 0 Å². The number of nitrogens with one attached hydrogen (secondary N) is 1. The second-order valence-electron chi connectivity index (χ2n) is 6.77. The van der Waals surface area contributed by atoms with Crippen molar-refractivity contribution in [1.82, 2.24) is 9.97 Å². The second-order valence-corrected chi connectivity index (χ2v) is 7.63. The Balaban J connectivity index is 1.74. The average Bonchev–Trinajstić information content (AvgIpc) is 3.21. The molecule has 0 spiro atoms. The standard InChI is InChI=1S/C23H17F3N2O3S/c1-30-17-9-7-14(11-18(17)31-2)15-12-32-22-20(15)21(29)27-19(28-22)10-8-13-5-3-4-6-16(13)23(24,25)26/h3-12H,1-2H3,(H,27,28,29). The van der Waals surface area contributed by atoms with Crippen molar-refractivity contribution in [3.8, 4) is 22.6 Å². The highest BCUT2D eigenvalue weighted by atomic mass is 32.1. The fourth-order valence-corrected chi connectivity index (χ4v) is 4.28. The van der Waals surface area contributed by atoms with Crippen molar-refractivity contribution >= 4 is 33.7 Å². The zero-order chi connectivity index (χ0) is 22.9. The second kappa shape index (κ2) is 8.51. The molecule has 0 saturated carbocycles. The molecular formula is C23H17F3N2O3S. The van der Waals surface area contributed by atoms with E-state index in [0.717, 1.165) is 11.6 Å². The Bertz CT molecular complexity index is 1370. The van der Waals surface area contributed by atoms with E-state index in [-0.39, 0.29) is 16.9 Å².